The monoisotopic (exact) mass is 304 g/mol. The van der Waals surface area contributed by atoms with Gasteiger partial charge in [0.1, 0.15) is 11.5 Å². The minimum Gasteiger partial charge on any atom is -0.497 e. The molecule has 120 valence electrons. The number of carbonyl (C=O) groups is 1. The van der Waals surface area contributed by atoms with Crippen LogP contribution in [0.15, 0.2) is 30.4 Å². The highest BCUT2D eigenvalue weighted by molar-refractivity contribution is 5.98. The van der Waals surface area contributed by atoms with Gasteiger partial charge in [-0.25, -0.2) is 0 Å². The van der Waals surface area contributed by atoms with Crippen LogP contribution in [0.1, 0.15) is 30.1 Å². The van der Waals surface area contributed by atoms with E-state index < -0.39 is 0 Å². The number of carbonyl (C=O) groups excluding carboxylic acids is 1. The number of methoxy groups -OCH3 is 1. The third kappa shape index (κ3) is 3.60. The van der Waals surface area contributed by atoms with E-state index in [4.69, 9.17) is 15.2 Å². The van der Waals surface area contributed by atoms with Gasteiger partial charge in [-0.1, -0.05) is 19.1 Å². The molecule has 0 radical (unpaired) electrons. The van der Waals surface area contributed by atoms with E-state index in [9.17, 15) is 4.79 Å². The van der Waals surface area contributed by atoms with E-state index in [1.807, 2.05) is 11.0 Å². The van der Waals surface area contributed by atoms with Crippen molar-refractivity contribution in [3.8, 4) is 11.5 Å². The summed E-state index contributed by atoms with van der Waals surface area (Å²) in [7, 11) is 1.59. The number of nitrogens with zero attached hydrogens (tertiary/aromatic N) is 1. The summed E-state index contributed by atoms with van der Waals surface area (Å²) >= 11 is 0. The van der Waals surface area contributed by atoms with Crippen LogP contribution in [0.3, 0.4) is 0 Å². The Morgan fingerprint density at radius 2 is 2.27 bits per heavy atom. The van der Waals surface area contributed by atoms with Crippen molar-refractivity contribution in [2.24, 2.45) is 5.73 Å². The molecule has 0 saturated heterocycles. The standard InChI is InChI=1S/C17H24N2O3/c1-3-13-6-4-10-19(13)17(20)15-12-14(21-2)7-8-16(15)22-11-5-9-18/h4,6-8,12-13H,3,5,9-11,18H2,1-2H3/t13-/m0/s1. The highest BCUT2D eigenvalue weighted by Gasteiger charge is 2.27. The van der Waals surface area contributed by atoms with Crippen LogP contribution in [-0.2, 0) is 0 Å². The molecule has 0 bridgehead atoms. The molecule has 1 aromatic carbocycles. The minimum atomic E-state index is -0.0292. The number of amides is 1. The summed E-state index contributed by atoms with van der Waals surface area (Å²) < 4.78 is 11.0. The maximum atomic E-state index is 12.9. The average Bonchev–Trinajstić information content (AvgIpc) is 3.03. The molecule has 2 N–H and O–H groups in total. The van der Waals surface area contributed by atoms with Gasteiger partial charge in [-0.3, -0.25) is 4.79 Å². The number of hydrogen-bond donors (Lipinski definition) is 1. The van der Waals surface area contributed by atoms with E-state index in [-0.39, 0.29) is 11.9 Å². The van der Waals surface area contributed by atoms with E-state index >= 15 is 0 Å². The van der Waals surface area contributed by atoms with E-state index in [1.54, 1.807) is 25.3 Å². The quantitative estimate of drug-likeness (QED) is 0.619. The van der Waals surface area contributed by atoms with Gasteiger partial charge in [0.05, 0.1) is 25.3 Å². The number of rotatable bonds is 7. The molecule has 2 rings (SSSR count). The minimum absolute atomic E-state index is 0.0292. The Morgan fingerprint density at radius 3 is 2.95 bits per heavy atom. The molecule has 0 unspecified atom stereocenters. The lowest BCUT2D eigenvalue weighted by molar-refractivity contribution is 0.0742. The van der Waals surface area contributed by atoms with Crippen LogP contribution in [0, 0.1) is 0 Å². The molecule has 1 atom stereocenters. The van der Waals surface area contributed by atoms with Crippen molar-refractivity contribution in [3.63, 3.8) is 0 Å². The van der Waals surface area contributed by atoms with Gasteiger partial charge in [0.25, 0.3) is 5.91 Å². The summed E-state index contributed by atoms with van der Waals surface area (Å²) in [5.74, 6) is 1.20. The number of ether oxygens (including phenoxy) is 2. The van der Waals surface area contributed by atoms with Crippen molar-refractivity contribution in [1.82, 2.24) is 4.90 Å². The molecule has 0 saturated carbocycles. The molecule has 1 aromatic rings. The summed E-state index contributed by atoms with van der Waals surface area (Å²) in [4.78, 5) is 14.7. The van der Waals surface area contributed by atoms with Gasteiger partial charge in [-0.15, -0.1) is 0 Å². The Kier molecular flexibility index (Phi) is 5.83. The van der Waals surface area contributed by atoms with Gasteiger partial charge in [0, 0.05) is 6.54 Å². The van der Waals surface area contributed by atoms with Gasteiger partial charge in [0.2, 0.25) is 0 Å². The highest BCUT2D eigenvalue weighted by atomic mass is 16.5. The Bertz CT molecular complexity index is 543. The van der Waals surface area contributed by atoms with E-state index in [0.29, 0.717) is 36.8 Å². The topological polar surface area (TPSA) is 64.8 Å². The van der Waals surface area contributed by atoms with Crippen LogP contribution < -0.4 is 15.2 Å². The third-order valence-corrected chi connectivity index (χ3v) is 3.76. The molecule has 5 heteroatoms. The number of benzene rings is 1. The summed E-state index contributed by atoms with van der Waals surface area (Å²) in [6.45, 7) is 3.77. The van der Waals surface area contributed by atoms with Crippen LogP contribution in [-0.4, -0.2) is 43.7 Å². The third-order valence-electron chi connectivity index (χ3n) is 3.76. The van der Waals surface area contributed by atoms with Gasteiger partial charge >= 0.3 is 0 Å². The molecule has 1 amide bonds. The van der Waals surface area contributed by atoms with Crippen LogP contribution >= 0.6 is 0 Å². The maximum Gasteiger partial charge on any atom is 0.258 e. The Labute approximate surface area is 131 Å². The first-order valence-corrected chi connectivity index (χ1v) is 7.69. The lowest BCUT2D eigenvalue weighted by Crippen LogP contribution is -2.35. The largest absolute Gasteiger partial charge is 0.497 e. The molecule has 0 aliphatic carbocycles. The first-order chi connectivity index (χ1) is 10.7. The van der Waals surface area contributed by atoms with Crippen molar-refractivity contribution < 1.29 is 14.3 Å². The fraction of sp³-hybridized carbons (Fsp3) is 0.471. The average molecular weight is 304 g/mol. The van der Waals surface area contributed by atoms with Crippen molar-refractivity contribution in [1.29, 1.82) is 0 Å². The number of nitrogens with two attached hydrogens (primary N) is 1. The van der Waals surface area contributed by atoms with Gasteiger partial charge in [0.15, 0.2) is 0 Å². The first-order valence-electron chi connectivity index (χ1n) is 7.69. The molecule has 22 heavy (non-hydrogen) atoms. The van der Waals surface area contributed by atoms with Crippen LogP contribution in [0.2, 0.25) is 0 Å². The second-order valence-corrected chi connectivity index (χ2v) is 5.21. The highest BCUT2D eigenvalue weighted by Crippen LogP contribution is 2.28. The van der Waals surface area contributed by atoms with E-state index in [0.717, 1.165) is 12.8 Å². The predicted molar refractivity (Wildman–Crippen MR) is 86.4 cm³/mol. The van der Waals surface area contributed by atoms with E-state index in [1.165, 1.54) is 0 Å². The van der Waals surface area contributed by atoms with Crippen molar-refractivity contribution in [2.75, 3.05) is 26.8 Å². The zero-order valence-electron chi connectivity index (χ0n) is 13.2. The Hall–Kier alpha value is -2.01. The molecule has 0 aromatic heterocycles. The SMILES string of the molecule is CC[C@H]1C=CCN1C(=O)c1cc(OC)ccc1OCCCN. The van der Waals surface area contributed by atoms with Crippen molar-refractivity contribution >= 4 is 5.91 Å². The molecule has 0 spiro atoms. The second-order valence-electron chi connectivity index (χ2n) is 5.21. The van der Waals surface area contributed by atoms with Crippen LogP contribution in [0.4, 0.5) is 0 Å². The molecule has 0 fully saturated rings. The van der Waals surface area contributed by atoms with Gasteiger partial charge in [-0.2, -0.15) is 0 Å². The number of hydrogen-bond acceptors (Lipinski definition) is 4. The van der Waals surface area contributed by atoms with Crippen molar-refractivity contribution in [3.05, 3.63) is 35.9 Å². The lowest BCUT2D eigenvalue weighted by atomic mass is 10.1. The predicted octanol–water partition coefficient (Wildman–Crippen LogP) is 2.21. The molecule has 5 nitrogen and oxygen atoms in total. The van der Waals surface area contributed by atoms with Gasteiger partial charge < -0.3 is 20.1 Å². The Morgan fingerprint density at radius 1 is 1.45 bits per heavy atom. The van der Waals surface area contributed by atoms with E-state index in [2.05, 4.69) is 13.0 Å². The zero-order chi connectivity index (χ0) is 15.9. The maximum absolute atomic E-state index is 12.9. The second kappa shape index (κ2) is 7.84. The van der Waals surface area contributed by atoms with Crippen molar-refractivity contribution in [2.45, 2.75) is 25.8 Å². The fourth-order valence-electron chi connectivity index (χ4n) is 2.51. The molecular formula is C17H24N2O3. The molecule has 1 aliphatic heterocycles. The van der Waals surface area contributed by atoms with Crippen LogP contribution in [0.5, 0.6) is 11.5 Å². The summed E-state index contributed by atoms with van der Waals surface area (Å²) in [6.07, 6.45) is 5.76. The summed E-state index contributed by atoms with van der Waals surface area (Å²) in [5.41, 5.74) is 6.03. The molecule has 1 heterocycles. The normalized spacial score (nSPS) is 16.9. The van der Waals surface area contributed by atoms with Gasteiger partial charge in [-0.05, 0) is 37.6 Å². The summed E-state index contributed by atoms with van der Waals surface area (Å²) in [5, 5.41) is 0. The zero-order valence-corrected chi connectivity index (χ0v) is 13.2. The lowest BCUT2D eigenvalue weighted by Gasteiger charge is -2.25. The fourth-order valence-corrected chi connectivity index (χ4v) is 2.51. The van der Waals surface area contributed by atoms with Crippen LogP contribution in [0.25, 0.3) is 0 Å². The summed E-state index contributed by atoms with van der Waals surface area (Å²) in [6, 6.07) is 5.47. The molecule has 1 aliphatic rings. The molecular weight excluding hydrogens is 280 g/mol. The smallest absolute Gasteiger partial charge is 0.258 e. The first kappa shape index (κ1) is 16.4. The Balaban J connectivity index is 2.24.